The molecule has 8 heteroatoms. The van der Waals surface area contributed by atoms with Crippen molar-refractivity contribution in [3.8, 4) is 5.75 Å². The summed E-state index contributed by atoms with van der Waals surface area (Å²) in [6.45, 7) is 3.54. The first-order valence-corrected chi connectivity index (χ1v) is 12.0. The molecular weight excluding hydrogens is 529 g/mol. The number of hydrogen-bond donors (Lipinski definition) is 2. The fourth-order valence-electron chi connectivity index (χ4n) is 5.27. The number of likely N-dealkylation sites (tertiary alicyclic amines) is 1. The molecule has 0 bridgehead atoms. The molecule has 1 atom stereocenters. The number of piperidine rings is 1. The SMILES string of the molecule is CN=C(NCC(c1ccccc1OC)N1CCCCC1)NCC1(C(=O)N(C)C)CCCC1.I. The standard InChI is InChI=1S/C25H41N5O2.HI/c1-26-24(28-19-25(14-8-9-15-25)23(31)29(2)3)27-18-21(30-16-10-5-11-17-30)20-12-6-7-13-22(20)32-4;/h6-7,12-13,21H,5,8-11,14-19H2,1-4H3,(H2,26,27,28);1H. The van der Waals surface area contributed by atoms with Crippen molar-refractivity contribution >= 4 is 35.8 Å². The van der Waals surface area contributed by atoms with Crippen LogP contribution in [0.5, 0.6) is 5.75 Å². The van der Waals surface area contributed by atoms with E-state index in [4.69, 9.17) is 4.74 Å². The first kappa shape index (κ1) is 27.7. The van der Waals surface area contributed by atoms with Crippen LogP contribution in [0.25, 0.3) is 0 Å². The molecule has 2 N–H and O–H groups in total. The zero-order valence-corrected chi connectivity index (χ0v) is 23.1. The fraction of sp³-hybridized carbons (Fsp3) is 0.680. The number of nitrogens with one attached hydrogen (secondary N) is 2. The maximum absolute atomic E-state index is 12.9. The maximum atomic E-state index is 12.9. The number of halogens is 1. The van der Waals surface area contributed by atoms with Crippen molar-refractivity contribution < 1.29 is 9.53 Å². The van der Waals surface area contributed by atoms with Crippen LogP contribution >= 0.6 is 24.0 Å². The summed E-state index contributed by atoms with van der Waals surface area (Å²) in [5.41, 5.74) is 0.880. The average molecular weight is 572 g/mol. The molecule has 0 aromatic heterocycles. The van der Waals surface area contributed by atoms with Crippen LogP contribution in [-0.2, 0) is 4.79 Å². The van der Waals surface area contributed by atoms with E-state index in [0.717, 1.165) is 57.0 Å². The molecule has 0 radical (unpaired) electrons. The Kier molecular flexibility index (Phi) is 11.2. The van der Waals surface area contributed by atoms with Gasteiger partial charge in [-0.05, 0) is 44.8 Å². The number of hydrogen-bond acceptors (Lipinski definition) is 4. The van der Waals surface area contributed by atoms with Crippen LogP contribution in [0.1, 0.15) is 56.6 Å². The van der Waals surface area contributed by atoms with E-state index in [1.54, 1.807) is 19.1 Å². The van der Waals surface area contributed by atoms with Crippen molar-refractivity contribution in [1.82, 2.24) is 20.4 Å². The van der Waals surface area contributed by atoms with E-state index >= 15 is 0 Å². The van der Waals surface area contributed by atoms with E-state index in [2.05, 4.69) is 32.7 Å². The van der Waals surface area contributed by atoms with Gasteiger partial charge in [-0.3, -0.25) is 14.7 Å². The zero-order valence-electron chi connectivity index (χ0n) is 20.7. The van der Waals surface area contributed by atoms with Gasteiger partial charge in [0, 0.05) is 39.8 Å². The van der Waals surface area contributed by atoms with Crippen LogP contribution in [0.2, 0.25) is 0 Å². The molecule has 2 fully saturated rings. The lowest BCUT2D eigenvalue weighted by molar-refractivity contribution is -0.138. The van der Waals surface area contributed by atoms with Gasteiger partial charge in [-0.2, -0.15) is 0 Å². The summed E-state index contributed by atoms with van der Waals surface area (Å²) in [4.78, 5) is 21.6. The van der Waals surface area contributed by atoms with E-state index in [1.807, 2.05) is 26.2 Å². The van der Waals surface area contributed by atoms with Gasteiger partial charge >= 0.3 is 0 Å². The van der Waals surface area contributed by atoms with Crippen molar-refractivity contribution in [1.29, 1.82) is 0 Å². The van der Waals surface area contributed by atoms with Gasteiger partial charge < -0.3 is 20.3 Å². The van der Waals surface area contributed by atoms with E-state index in [9.17, 15) is 4.79 Å². The molecule has 3 rings (SSSR count). The van der Waals surface area contributed by atoms with Crippen LogP contribution in [-0.4, -0.2) is 76.1 Å². The van der Waals surface area contributed by atoms with Gasteiger partial charge in [0.1, 0.15) is 5.75 Å². The monoisotopic (exact) mass is 571 g/mol. The number of aliphatic imine (C=N–C) groups is 1. The molecule has 1 aromatic carbocycles. The Bertz CT molecular complexity index is 774. The number of benzene rings is 1. The number of guanidine groups is 1. The minimum absolute atomic E-state index is 0. The van der Waals surface area contributed by atoms with E-state index < -0.39 is 0 Å². The van der Waals surface area contributed by atoms with Crippen LogP contribution in [0.4, 0.5) is 0 Å². The molecule has 33 heavy (non-hydrogen) atoms. The molecule has 1 aromatic rings. The predicted octanol–water partition coefficient (Wildman–Crippen LogP) is 3.65. The van der Waals surface area contributed by atoms with Gasteiger partial charge in [-0.1, -0.05) is 37.5 Å². The number of rotatable bonds is 8. The van der Waals surface area contributed by atoms with E-state index in [1.165, 1.54) is 24.8 Å². The van der Waals surface area contributed by atoms with Gasteiger partial charge in [0.05, 0.1) is 18.6 Å². The highest BCUT2D eigenvalue weighted by atomic mass is 127. The number of para-hydroxylation sites is 1. The molecule has 1 saturated carbocycles. The van der Waals surface area contributed by atoms with Gasteiger partial charge in [0.15, 0.2) is 5.96 Å². The molecule has 1 saturated heterocycles. The Morgan fingerprint density at radius 2 is 1.79 bits per heavy atom. The van der Waals surface area contributed by atoms with Crippen LogP contribution in [0, 0.1) is 5.41 Å². The van der Waals surface area contributed by atoms with Crippen molar-refractivity contribution in [2.24, 2.45) is 10.4 Å². The molecule has 0 spiro atoms. The third-order valence-corrected chi connectivity index (χ3v) is 7.03. The third-order valence-electron chi connectivity index (χ3n) is 7.03. The summed E-state index contributed by atoms with van der Waals surface area (Å²) < 4.78 is 5.68. The fourth-order valence-corrected chi connectivity index (χ4v) is 5.27. The number of carbonyl (C=O) groups excluding carboxylic acids is 1. The minimum Gasteiger partial charge on any atom is -0.496 e. The predicted molar refractivity (Wildman–Crippen MR) is 146 cm³/mol. The summed E-state index contributed by atoms with van der Waals surface area (Å²) in [5.74, 6) is 1.90. The summed E-state index contributed by atoms with van der Waals surface area (Å²) in [5, 5.41) is 7.01. The number of nitrogens with zero attached hydrogens (tertiary/aromatic N) is 3. The summed E-state index contributed by atoms with van der Waals surface area (Å²) in [7, 11) is 7.24. The Morgan fingerprint density at radius 1 is 1.12 bits per heavy atom. The van der Waals surface area contributed by atoms with Gasteiger partial charge in [-0.15, -0.1) is 24.0 Å². The van der Waals surface area contributed by atoms with E-state index in [0.29, 0.717) is 6.54 Å². The Morgan fingerprint density at radius 3 is 2.39 bits per heavy atom. The zero-order chi connectivity index (χ0) is 23.0. The third kappa shape index (κ3) is 6.97. The Labute approximate surface area is 216 Å². The number of ether oxygens (including phenoxy) is 1. The van der Waals surface area contributed by atoms with Crippen molar-refractivity contribution in [3.63, 3.8) is 0 Å². The van der Waals surface area contributed by atoms with Crippen molar-refractivity contribution in [2.45, 2.75) is 51.0 Å². The lowest BCUT2D eigenvalue weighted by Gasteiger charge is -2.36. The number of methoxy groups -OCH3 is 1. The molecule has 1 amide bonds. The summed E-state index contributed by atoms with van der Waals surface area (Å²) in [6, 6.07) is 8.51. The second-order valence-corrected chi connectivity index (χ2v) is 9.35. The van der Waals surface area contributed by atoms with Gasteiger partial charge in [0.25, 0.3) is 0 Å². The maximum Gasteiger partial charge on any atom is 0.230 e. The largest absolute Gasteiger partial charge is 0.496 e. The van der Waals surface area contributed by atoms with Crippen LogP contribution < -0.4 is 15.4 Å². The molecule has 1 unspecified atom stereocenters. The normalized spacial score (nSPS) is 19.3. The average Bonchev–Trinajstić information content (AvgIpc) is 3.31. The Hall–Kier alpha value is -1.55. The number of carbonyl (C=O) groups is 1. The molecule has 7 nitrogen and oxygen atoms in total. The van der Waals surface area contributed by atoms with Gasteiger partial charge in [-0.25, -0.2) is 0 Å². The first-order valence-electron chi connectivity index (χ1n) is 12.0. The molecule has 1 heterocycles. The minimum atomic E-state index is -0.323. The molecule has 1 aliphatic carbocycles. The second-order valence-electron chi connectivity index (χ2n) is 9.35. The molecule has 2 aliphatic rings. The molecular formula is C25H42IN5O2. The summed E-state index contributed by atoms with van der Waals surface area (Å²) in [6.07, 6.45) is 7.85. The van der Waals surface area contributed by atoms with Crippen molar-refractivity contribution in [3.05, 3.63) is 29.8 Å². The quantitative estimate of drug-likeness (QED) is 0.283. The Balaban J connectivity index is 0.00000385. The second kappa shape index (κ2) is 13.4. The smallest absolute Gasteiger partial charge is 0.230 e. The van der Waals surface area contributed by atoms with Crippen LogP contribution in [0.3, 0.4) is 0 Å². The highest BCUT2D eigenvalue weighted by Gasteiger charge is 2.42. The lowest BCUT2D eigenvalue weighted by Crippen LogP contribution is -2.50. The van der Waals surface area contributed by atoms with Gasteiger partial charge in [0.2, 0.25) is 5.91 Å². The molecule has 1 aliphatic heterocycles. The lowest BCUT2D eigenvalue weighted by atomic mass is 9.84. The van der Waals surface area contributed by atoms with E-state index in [-0.39, 0.29) is 41.3 Å². The number of amides is 1. The highest BCUT2D eigenvalue weighted by molar-refractivity contribution is 14.0. The van der Waals surface area contributed by atoms with Crippen molar-refractivity contribution in [2.75, 3.05) is 54.4 Å². The first-order chi connectivity index (χ1) is 15.5. The topological polar surface area (TPSA) is 69.2 Å². The highest BCUT2D eigenvalue weighted by Crippen LogP contribution is 2.39. The van der Waals surface area contributed by atoms with Crippen LogP contribution in [0.15, 0.2) is 29.3 Å². The molecule has 186 valence electrons. The summed E-state index contributed by atoms with van der Waals surface area (Å²) >= 11 is 0.